The molecule has 0 aliphatic carbocycles. The van der Waals surface area contributed by atoms with Gasteiger partial charge < -0.3 is 13.9 Å². The minimum Gasteiger partial charge on any atom is -0.460 e. The normalized spacial score (nSPS) is 11.3. The third-order valence-electron chi connectivity index (χ3n) is 5.26. The molecule has 9 heteroatoms. The highest BCUT2D eigenvalue weighted by atomic mass is 35.5. The van der Waals surface area contributed by atoms with Gasteiger partial charge in [-0.05, 0) is 41.3 Å². The molecule has 0 amide bonds. The van der Waals surface area contributed by atoms with E-state index in [0.717, 1.165) is 17.7 Å². The van der Waals surface area contributed by atoms with Crippen LogP contribution in [0.5, 0.6) is 17.2 Å². The Balaban J connectivity index is 1.55. The Morgan fingerprint density at radius 2 is 1.69 bits per heavy atom. The molecule has 4 rings (SSSR count). The van der Waals surface area contributed by atoms with Crippen LogP contribution in [0.2, 0.25) is 5.02 Å². The molecule has 0 N–H and O–H groups in total. The van der Waals surface area contributed by atoms with Gasteiger partial charge in [0, 0.05) is 18.2 Å². The van der Waals surface area contributed by atoms with Crippen molar-refractivity contribution < 1.29 is 23.6 Å². The summed E-state index contributed by atoms with van der Waals surface area (Å²) >= 11 is 5.99. The van der Waals surface area contributed by atoms with Crippen LogP contribution in [-0.2, 0) is 5.41 Å². The summed E-state index contributed by atoms with van der Waals surface area (Å²) in [6.07, 6.45) is 1.20. The molecule has 0 aliphatic rings. The van der Waals surface area contributed by atoms with Crippen molar-refractivity contribution in [3.63, 3.8) is 0 Å². The van der Waals surface area contributed by atoms with E-state index in [2.05, 4.69) is 20.8 Å². The molecule has 1 heterocycles. The lowest BCUT2D eigenvalue weighted by molar-refractivity contribution is -0.384. The molecule has 0 saturated heterocycles. The van der Waals surface area contributed by atoms with Crippen molar-refractivity contribution >= 4 is 34.2 Å². The van der Waals surface area contributed by atoms with Crippen LogP contribution in [0.3, 0.4) is 0 Å². The van der Waals surface area contributed by atoms with Crippen molar-refractivity contribution in [1.29, 1.82) is 0 Å². The monoisotopic (exact) mass is 493 g/mol. The first kappa shape index (κ1) is 24.0. The smallest absolute Gasteiger partial charge is 0.345 e. The largest absolute Gasteiger partial charge is 0.460 e. The Morgan fingerprint density at radius 1 is 1.00 bits per heavy atom. The molecule has 0 bridgehead atoms. The summed E-state index contributed by atoms with van der Waals surface area (Å²) in [6, 6.07) is 15.2. The Labute approximate surface area is 204 Å². The van der Waals surface area contributed by atoms with Gasteiger partial charge in [0.2, 0.25) is 11.2 Å². The quantitative estimate of drug-likeness (QED) is 0.132. The van der Waals surface area contributed by atoms with Gasteiger partial charge in [-0.1, -0.05) is 44.5 Å². The maximum Gasteiger partial charge on any atom is 0.345 e. The van der Waals surface area contributed by atoms with Crippen LogP contribution in [0.4, 0.5) is 5.69 Å². The first-order chi connectivity index (χ1) is 16.5. The number of carbonyl (C=O) groups is 1. The predicted octanol–water partition coefficient (Wildman–Crippen LogP) is 6.66. The molecule has 4 aromatic rings. The van der Waals surface area contributed by atoms with Crippen molar-refractivity contribution in [2.75, 3.05) is 0 Å². The van der Waals surface area contributed by atoms with E-state index in [1.165, 1.54) is 30.5 Å². The van der Waals surface area contributed by atoms with Crippen molar-refractivity contribution in [1.82, 2.24) is 0 Å². The molecule has 3 aromatic carbocycles. The van der Waals surface area contributed by atoms with Gasteiger partial charge in [0.15, 0.2) is 0 Å². The van der Waals surface area contributed by atoms with Crippen molar-refractivity contribution in [3.05, 3.63) is 103 Å². The lowest BCUT2D eigenvalue weighted by Gasteiger charge is -2.19. The summed E-state index contributed by atoms with van der Waals surface area (Å²) < 4.78 is 16.6. The Hall–Kier alpha value is -4.17. The van der Waals surface area contributed by atoms with Crippen molar-refractivity contribution in [3.8, 4) is 17.2 Å². The SMILES string of the molecule is CC(C)(C)c1ccc(Oc2coc3cc(OC(=O)c4ccc([N+](=O)[O-])cc4Cl)ccc3c2=O)cc1. The standard InChI is InChI=1S/C26H20ClNO7/c1-26(2,3)15-4-7-17(8-5-15)34-23-14-33-22-13-18(9-11-20(22)24(23)29)35-25(30)19-10-6-16(28(31)32)12-21(19)27/h4-14H,1-3H3. The average Bonchev–Trinajstić information content (AvgIpc) is 2.80. The molecule has 0 saturated carbocycles. The molecular formula is C26H20ClNO7. The minimum absolute atomic E-state index is 0.00846. The number of nitro groups is 1. The van der Waals surface area contributed by atoms with Gasteiger partial charge >= 0.3 is 5.97 Å². The third-order valence-corrected chi connectivity index (χ3v) is 5.57. The van der Waals surface area contributed by atoms with E-state index in [1.54, 1.807) is 12.1 Å². The molecule has 0 radical (unpaired) electrons. The first-order valence-corrected chi connectivity index (χ1v) is 10.9. The first-order valence-electron chi connectivity index (χ1n) is 10.5. The van der Waals surface area contributed by atoms with E-state index >= 15 is 0 Å². The van der Waals surface area contributed by atoms with Gasteiger partial charge in [-0.2, -0.15) is 0 Å². The zero-order valence-electron chi connectivity index (χ0n) is 19.0. The van der Waals surface area contributed by atoms with Gasteiger partial charge in [0.1, 0.15) is 23.3 Å². The zero-order valence-corrected chi connectivity index (χ0v) is 19.8. The average molecular weight is 494 g/mol. The van der Waals surface area contributed by atoms with E-state index < -0.39 is 10.9 Å². The van der Waals surface area contributed by atoms with Crippen LogP contribution in [0.15, 0.2) is 76.1 Å². The molecule has 178 valence electrons. The highest BCUT2D eigenvalue weighted by Gasteiger charge is 2.18. The third kappa shape index (κ3) is 5.17. The second-order valence-electron chi connectivity index (χ2n) is 8.77. The second kappa shape index (κ2) is 9.23. The number of non-ortho nitro benzene ring substituents is 1. The number of nitro benzene ring substituents is 1. The zero-order chi connectivity index (χ0) is 25.3. The molecule has 0 spiro atoms. The van der Waals surface area contributed by atoms with E-state index in [0.29, 0.717) is 5.75 Å². The van der Waals surface area contributed by atoms with Crippen LogP contribution in [0.1, 0.15) is 36.7 Å². The second-order valence-corrected chi connectivity index (χ2v) is 9.18. The maximum atomic E-state index is 12.9. The molecular weight excluding hydrogens is 474 g/mol. The highest BCUT2D eigenvalue weighted by Crippen LogP contribution is 2.28. The molecule has 0 atom stereocenters. The fraction of sp³-hybridized carbons (Fsp3) is 0.154. The molecule has 1 aromatic heterocycles. The Kier molecular flexibility index (Phi) is 6.32. The van der Waals surface area contributed by atoms with Crippen LogP contribution >= 0.6 is 11.6 Å². The summed E-state index contributed by atoms with van der Waals surface area (Å²) in [4.78, 5) is 35.6. The van der Waals surface area contributed by atoms with Crippen molar-refractivity contribution in [2.24, 2.45) is 0 Å². The van der Waals surface area contributed by atoms with E-state index in [9.17, 15) is 19.7 Å². The van der Waals surface area contributed by atoms with Gasteiger partial charge in [-0.25, -0.2) is 4.79 Å². The number of esters is 1. The van der Waals surface area contributed by atoms with Gasteiger partial charge in [0.05, 0.1) is 20.9 Å². The Bertz CT molecular complexity index is 1500. The van der Waals surface area contributed by atoms with E-state index in [-0.39, 0.29) is 49.6 Å². The summed E-state index contributed by atoms with van der Waals surface area (Å²) in [5, 5.41) is 11.0. The molecule has 0 fully saturated rings. The molecule has 0 unspecified atom stereocenters. The summed E-state index contributed by atoms with van der Waals surface area (Å²) in [6.45, 7) is 6.31. The lowest BCUT2D eigenvalue weighted by Crippen LogP contribution is -2.11. The lowest BCUT2D eigenvalue weighted by atomic mass is 9.87. The van der Waals surface area contributed by atoms with Gasteiger partial charge in [-0.15, -0.1) is 0 Å². The van der Waals surface area contributed by atoms with Gasteiger partial charge in [-0.3, -0.25) is 14.9 Å². The number of hydrogen-bond acceptors (Lipinski definition) is 7. The van der Waals surface area contributed by atoms with E-state index in [1.807, 2.05) is 12.1 Å². The fourth-order valence-corrected chi connectivity index (χ4v) is 3.57. The summed E-state index contributed by atoms with van der Waals surface area (Å²) in [5.74, 6) is -0.199. The summed E-state index contributed by atoms with van der Waals surface area (Å²) in [5.41, 5.74) is 0.633. The minimum atomic E-state index is -0.815. The predicted molar refractivity (Wildman–Crippen MR) is 131 cm³/mol. The Morgan fingerprint density at radius 3 is 2.31 bits per heavy atom. The number of nitrogens with zero attached hydrogens (tertiary/aromatic N) is 1. The maximum absolute atomic E-state index is 12.9. The number of carbonyl (C=O) groups excluding carboxylic acids is 1. The van der Waals surface area contributed by atoms with Gasteiger partial charge in [0.25, 0.3) is 5.69 Å². The van der Waals surface area contributed by atoms with Crippen LogP contribution in [0, 0.1) is 10.1 Å². The number of hydrogen-bond donors (Lipinski definition) is 0. The highest BCUT2D eigenvalue weighted by molar-refractivity contribution is 6.33. The number of fused-ring (bicyclic) bond motifs is 1. The van der Waals surface area contributed by atoms with Crippen LogP contribution in [0.25, 0.3) is 11.0 Å². The summed E-state index contributed by atoms with van der Waals surface area (Å²) in [7, 11) is 0. The topological polar surface area (TPSA) is 109 Å². The molecule has 8 nitrogen and oxygen atoms in total. The molecule has 35 heavy (non-hydrogen) atoms. The van der Waals surface area contributed by atoms with Crippen LogP contribution in [-0.4, -0.2) is 10.9 Å². The fourth-order valence-electron chi connectivity index (χ4n) is 3.32. The number of halogens is 1. The van der Waals surface area contributed by atoms with Crippen LogP contribution < -0.4 is 14.9 Å². The number of benzene rings is 3. The molecule has 0 aliphatic heterocycles. The number of ether oxygens (including phenoxy) is 2. The number of rotatable bonds is 5. The van der Waals surface area contributed by atoms with Crippen molar-refractivity contribution in [2.45, 2.75) is 26.2 Å². The van der Waals surface area contributed by atoms with E-state index in [4.69, 9.17) is 25.5 Å².